The predicted octanol–water partition coefficient (Wildman–Crippen LogP) is 2.79. The summed E-state index contributed by atoms with van der Waals surface area (Å²) in [6, 6.07) is 8.11. The van der Waals surface area contributed by atoms with Crippen LogP contribution in [0.5, 0.6) is 0 Å². The van der Waals surface area contributed by atoms with Crippen molar-refractivity contribution in [3.63, 3.8) is 0 Å². The number of nitrogens with zero attached hydrogens (tertiary/aromatic N) is 5. The lowest BCUT2D eigenvalue weighted by molar-refractivity contribution is -0.121. The molecule has 29 heavy (non-hydrogen) atoms. The SMILES string of the molecule is Cc1cc2ncc(CCCNC(=O)Cn3cc(-c4ccc(F)cc4)cn3)cn2n1. The number of fused-ring (bicyclic) bond motifs is 1. The van der Waals surface area contributed by atoms with E-state index in [0.717, 1.165) is 40.9 Å². The number of aryl methyl sites for hydroxylation is 2. The van der Waals surface area contributed by atoms with Crippen molar-refractivity contribution in [2.45, 2.75) is 26.3 Å². The maximum atomic E-state index is 13.0. The van der Waals surface area contributed by atoms with Gasteiger partial charge in [0.2, 0.25) is 5.91 Å². The Hall–Kier alpha value is -3.55. The monoisotopic (exact) mass is 392 g/mol. The fraction of sp³-hybridized carbons (Fsp3) is 0.238. The molecule has 0 bridgehead atoms. The molecule has 7 nitrogen and oxygen atoms in total. The Kier molecular flexibility index (Phi) is 5.33. The molecule has 1 N–H and O–H groups in total. The minimum Gasteiger partial charge on any atom is -0.354 e. The van der Waals surface area contributed by atoms with Crippen LogP contribution in [0.25, 0.3) is 16.8 Å². The molecule has 0 unspecified atom stereocenters. The van der Waals surface area contributed by atoms with E-state index in [-0.39, 0.29) is 18.3 Å². The quantitative estimate of drug-likeness (QED) is 0.491. The van der Waals surface area contributed by atoms with Crippen LogP contribution in [0, 0.1) is 12.7 Å². The van der Waals surface area contributed by atoms with E-state index in [4.69, 9.17) is 0 Å². The second-order valence-electron chi connectivity index (χ2n) is 6.94. The van der Waals surface area contributed by atoms with Gasteiger partial charge in [-0.2, -0.15) is 10.2 Å². The van der Waals surface area contributed by atoms with Crippen LogP contribution in [-0.4, -0.2) is 36.8 Å². The van der Waals surface area contributed by atoms with Gasteiger partial charge < -0.3 is 5.32 Å². The number of carbonyl (C=O) groups excluding carboxylic acids is 1. The van der Waals surface area contributed by atoms with E-state index in [0.29, 0.717) is 6.54 Å². The highest BCUT2D eigenvalue weighted by Gasteiger charge is 2.07. The number of hydrogen-bond acceptors (Lipinski definition) is 4. The summed E-state index contributed by atoms with van der Waals surface area (Å²) in [5, 5.41) is 11.5. The zero-order valence-electron chi connectivity index (χ0n) is 16.0. The van der Waals surface area contributed by atoms with Gasteiger partial charge in [-0.15, -0.1) is 0 Å². The Balaban J connectivity index is 1.24. The summed E-state index contributed by atoms with van der Waals surface area (Å²) < 4.78 is 16.4. The maximum Gasteiger partial charge on any atom is 0.241 e. The Labute approximate surface area is 167 Å². The number of hydrogen-bond donors (Lipinski definition) is 1. The van der Waals surface area contributed by atoms with Crippen molar-refractivity contribution in [2.75, 3.05) is 6.54 Å². The first-order valence-electron chi connectivity index (χ1n) is 9.43. The minimum atomic E-state index is -0.282. The van der Waals surface area contributed by atoms with Crippen LogP contribution >= 0.6 is 0 Å². The third kappa shape index (κ3) is 4.66. The van der Waals surface area contributed by atoms with E-state index in [1.165, 1.54) is 12.1 Å². The van der Waals surface area contributed by atoms with Crippen molar-refractivity contribution in [3.05, 3.63) is 72.2 Å². The van der Waals surface area contributed by atoms with Crippen molar-refractivity contribution in [3.8, 4) is 11.1 Å². The van der Waals surface area contributed by atoms with Gasteiger partial charge in [-0.25, -0.2) is 13.9 Å². The Bertz CT molecular complexity index is 1130. The van der Waals surface area contributed by atoms with E-state index in [1.54, 1.807) is 33.7 Å². The van der Waals surface area contributed by atoms with Crippen LogP contribution in [0.2, 0.25) is 0 Å². The molecule has 0 spiro atoms. The molecule has 3 heterocycles. The number of rotatable bonds is 7. The number of nitrogens with one attached hydrogen (secondary N) is 1. The van der Waals surface area contributed by atoms with Gasteiger partial charge in [-0.1, -0.05) is 12.1 Å². The lowest BCUT2D eigenvalue weighted by Crippen LogP contribution is -2.28. The summed E-state index contributed by atoms with van der Waals surface area (Å²) >= 11 is 0. The van der Waals surface area contributed by atoms with Crippen molar-refractivity contribution < 1.29 is 9.18 Å². The average Bonchev–Trinajstić information content (AvgIpc) is 3.31. The molecule has 4 rings (SSSR count). The van der Waals surface area contributed by atoms with Crippen LogP contribution in [-0.2, 0) is 17.8 Å². The first-order chi connectivity index (χ1) is 14.1. The van der Waals surface area contributed by atoms with Crippen LogP contribution in [0.1, 0.15) is 17.7 Å². The molecule has 3 aromatic heterocycles. The molecule has 0 radical (unpaired) electrons. The lowest BCUT2D eigenvalue weighted by Gasteiger charge is -2.06. The highest BCUT2D eigenvalue weighted by atomic mass is 19.1. The number of aromatic nitrogens is 5. The first kappa shape index (κ1) is 18.8. The largest absolute Gasteiger partial charge is 0.354 e. The highest BCUT2D eigenvalue weighted by Crippen LogP contribution is 2.18. The number of benzene rings is 1. The van der Waals surface area contributed by atoms with Crippen LogP contribution in [0.4, 0.5) is 4.39 Å². The van der Waals surface area contributed by atoms with Crippen molar-refractivity contribution in [1.29, 1.82) is 0 Å². The van der Waals surface area contributed by atoms with Crippen molar-refractivity contribution >= 4 is 11.6 Å². The van der Waals surface area contributed by atoms with Crippen LogP contribution < -0.4 is 5.32 Å². The van der Waals surface area contributed by atoms with Gasteiger partial charge in [0.15, 0.2) is 5.65 Å². The summed E-state index contributed by atoms with van der Waals surface area (Å²) in [7, 11) is 0. The molecule has 148 valence electrons. The summed E-state index contributed by atoms with van der Waals surface area (Å²) in [5.41, 5.74) is 4.54. The van der Waals surface area contributed by atoms with Crippen molar-refractivity contribution in [2.24, 2.45) is 0 Å². The molecule has 0 aliphatic carbocycles. The molecule has 0 fully saturated rings. The zero-order valence-corrected chi connectivity index (χ0v) is 16.0. The minimum absolute atomic E-state index is 0.102. The standard InChI is InChI=1S/C21H21FN6O/c1-15-9-20-24-10-16(12-28(20)26-15)3-2-8-23-21(29)14-27-13-18(11-25-27)17-4-6-19(22)7-5-17/h4-7,9-13H,2-3,8,14H2,1H3,(H,23,29). The molecule has 0 saturated heterocycles. The van der Waals surface area contributed by atoms with Crippen LogP contribution in [0.3, 0.4) is 0 Å². The lowest BCUT2D eigenvalue weighted by atomic mass is 10.1. The summed E-state index contributed by atoms with van der Waals surface area (Å²) in [4.78, 5) is 16.5. The number of halogens is 1. The van der Waals surface area contributed by atoms with Gasteiger partial charge in [0.1, 0.15) is 12.4 Å². The molecular formula is C21H21FN6O. The van der Waals surface area contributed by atoms with E-state index in [9.17, 15) is 9.18 Å². The molecule has 1 amide bonds. The highest BCUT2D eigenvalue weighted by molar-refractivity contribution is 5.75. The maximum absolute atomic E-state index is 13.0. The van der Waals surface area contributed by atoms with E-state index in [2.05, 4.69) is 20.5 Å². The van der Waals surface area contributed by atoms with Gasteiger partial charge in [-0.3, -0.25) is 9.48 Å². The molecule has 0 saturated carbocycles. The smallest absolute Gasteiger partial charge is 0.241 e. The van der Waals surface area contributed by atoms with Gasteiger partial charge in [0.25, 0.3) is 0 Å². The summed E-state index contributed by atoms with van der Waals surface area (Å²) in [5.74, 6) is -0.383. The normalized spacial score (nSPS) is 11.1. The Morgan fingerprint density at radius 3 is 2.79 bits per heavy atom. The van der Waals surface area contributed by atoms with E-state index >= 15 is 0 Å². The first-order valence-corrected chi connectivity index (χ1v) is 9.43. The summed E-state index contributed by atoms with van der Waals surface area (Å²) in [6.45, 7) is 2.65. The topological polar surface area (TPSA) is 77.1 Å². The molecule has 1 aromatic carbocycles. The average molecular weight is 392 g/mol. The Morgan fingerprint density at radius 2 is 1.97 bits per heavy atom. The summed E-state index contributed by atoms with van der Waals surface area (Å²) in [6.07, 6.45) is 8.87. The Morgan fingerprint density at radius 1 is 1.14 bits per heavy atom. The van der Waals surface area contributed by atoms with Gasteiger partial charge in [-0.05, 0) is 43.0 Å². The fourth-order valence-corrected chi connectivity index (χ4v) is 3.13. The molecule has 0 aliphatic rings. The third-order valence-electron chi connectivity index (χ3n) is 4.57. The third-order valence-corrected chi connectivity index (χ3v) is 4.57. The number of carbonyl (C=O) groups is 1. The van der Waals surface area contributed by atoms with Gasteiger partial charge in [0, 0.05) is 36.8 Å². The molecule has 0 aliphatic heterocycles. The van der Waals surface area contributed by atoms with Crippen LogP contribution in [0.15, 0.2) is 55.1 Å². The molecule has 4 aromatic rings. The van der Waals surface area contributed by atoms with E-state index < -0.39 is 0 Å². The molecular weight excluding hydrogens is 371 g/mol. The second kappa shape index (κ2) is 8.22. The molecule has 0 atom stereocenters. The predicted molar refractivity (Wildman–Crippen MR) is 107 cm³/mol. The van der Waals surface area contributed by atoms with Gasteiger partial charge >= 0.3 is 0 Å². The van der Waals surface area contributed by atoms with Crippen molar-refractivity contribution in [1.82, 2.24) is 29.7 Å². The van der Waals surface area contributed by atoms with E-state index in [1.807, 2.05) is 25.4 Å². The zero-order chi connectivity index (χ0) is 20.2. The second-order valence-corrected chi connectivity index (χ2v) is 6.94. The molecule has 8 heteroatoms. The van der Waals surface area contributed by atoms with Gasteiger partial charge in [0.05, 0.1) is 11.9 Å². The fourth-order valence-electron chi connectivity index (χ4n) is 3.13. The number of amides is 1.